The van der Waals surface area contributed by atoms with E-state index < -0.39 is 0 Å². The second kappa shape index (κ2) is 8.81. The average Bonchev–Trinajstić information content (AvgIpc) is 2.23. The van der Waals surface area contributed by atoms with Gasteiger partial charge in [-0.15, -0.1) is 0 Å². The van der Waals surface area contributed by atoms with E-state index in [4.69, 9.17) is 5.73 Å². The first-order valence-corrected chi connectivity index (χ1v) is 7.83. The summed E-state index contributed by atoms with van der Waals surface area (Å²) in [5, 5.41) is 3.08. The first kappa shape index (κ1) is 16.8. The maximum atomic E-state index is 11.8. The standard InChI is InChI=1S/C13H28N2OS/c1-11(2)9-13(3,10-14)15-12(16)7-5-6-8-17-4/h11H,5-10,14H2,1-4H3,(H,15,16). The third kappa shape index (κ3) is 8.50. The van der Waals surface area contributed by atoms with Gasteiger partial charge >= 0.3 is 0 Å². The second-order valence-corrected chi connectivity index (χ2v) is 6.35. The molecule has 0 aromatic rings. The lowest BCUT2D eigenvalue weighted by atomic mass is 9.90. The van der Waals surface area contributed by atoms with E-state index in [0.717, 1.165) is 25.0 Å². The maximum absolute atomic E-state index is 11.8. The summed E-state index contributed by atoms with van der Waals surface area (Å²) in [6, 6.07) is 0. The summed E-state index contributed by atoms with van der Waals surface area (Å²) in [7, 11) is 0. The normalized spacial score (nSPS) is 14.7. The minimum absolute atomic E-state index is 0.139. The molecule has 0 aromatic carbocycles. The Morgan fingerprint density at radius 3 is 2.53 bits per heavy atom. The molecule has 0 rings (SSSR count). The van der Waals surface area contributed by atoms with Crippen molar-refractivity contribution in [3.8, 4) is 0 Å². The zero-order valence-electron chi connectivity index (χ0n) is 11.7. The number of carbonyl (C=O) groups excluding carboxylic acids is 1. The van der Waals surface area contributed by atoms with Crippen molar-refractivity contribution in [3.63, 3.8) is 0 Å². The monoisotopic (exact) mass is 260 g/mol. The van der Waals surface area contributed by atoms with Crippen molar-refractivity contribution >= 4 is 17.7 Å². The van der Waals surface area contributed by atoms with E-state index in [1.807, 2.05) is 18.7 Å². The van der Waals surface area contributed by atoms with Crippen LogP contribution in [0.15, 0.2) is 0 Å². The van der Waals surface area contributed by atoms with Gasteiger partial charge in [-0.2, -0.15) is 11.8 Å². The van der Waals surface area contributed by atoms with Gasteiger partial charge in [0.05, 0.1) is 0 Å². The molecule has 0 radical (unpaired) electrons. The van der Waals surface area contributed by atoms with Crippen molar-refractivity contribution in [2.45, 2.75) is 52.0 Å². The van der Waals surface area contributed by atoms with Crippen LogP contribution in [0.5, 0.6) is 0 Å². The van der Waals surface area contributed by atoms with Crippen molar-refractivity contribution in [1.29, 1.82) is 0 Å². The van der Waals surface area contributed by atoms with Crippen LogP contribution >= 0.6 is 11.8 Å². The van der Waals surface area contributed by atoms with E-state index >= 15 is 0 Å². The zero-order valence-corrected chi connectivity index (χ0v) is 12.5. The molecule has 1 atom stereocenters. The summed E-state index contributed by atoms with van der Waals surface area (Å²) < 4.78 is 0. The Kier molecular flexibility index (Phi) is 8.70. The third-order valence-corrected chi connectivity index (χ3v) is 3.45. The topological polar surface area (TPSA) is 55.1 Å². The highest BCUT2D eigenvalue weighted by molar-refractivity contribution is 7.98. The summed E-state index contributed by atoms with van der Waals surface area (Å²) in [4.78, 5) is 11.8. The summed E-state index contributed by atoms with van der Waals surface area (Å²) in [5.74, 6) is 1.81. The van der Waals surface area contributed by atoms with Gasteiger partial charge in [-0.05, 0) is 44.1 Å². The molecule has 0 bridgehead atoms. The number of nitrogens with two attached hydrogens (primary N) is 1. The first-order valence-electron chi connectivity index (χ1n) is 6.43. The van der Waals surface area contributed by atoms with Crippen LogP contribution in [0.4, 0.5) is 0 Å². The fourth-order valence-corrected chi connectivity index (χ4v) is 2.51. The maximum Gasteiger partial charge on any atom is 0.220 e. The summed E-state index contributed by atoms with van der Waals surface area (Å²) in [6.07, 6.45) is 5.72. The summed E-state index contributed by atoms with van der Waals surface area (Å²) in [5.41, 5.74) is 5.52. The number of hydrogen-bond acceptors (Lipinski definition) is 3. The van der Waals surface area contributed by atoms with Crippen LogP contribution in [-0.2, 0) is 4.79 Å². The fraction of sp³-hybridized carbons (Fsp3) is 0.923. The average molecular weight is 260 g/mol. The number of nitrogens with one attached hydrogen (secondary N) is 1. The SMILES string of the molecule is CSCCCCC(=O)NC(C)(CN)CC(C)C. The Bertz CT molecular complexity index is 221. The van der Waals surface area contributed by atoms with Gasteiger partial charge in [0.25, 0.3) is 0 Å². The highest BCUT2D eigenvalue weighted by Crippen LogP contribution is 2.15. The fourth-order valence-electron chi connectivity index (χ4n) is 2.02. The van der Waals surface area contributed by atoms with Crippen LogP contribution in [0.25, 0.3) is 0 Å². The lowest BCUT2D eigenvalue weighted by Crippen LogP contribution is -2.52. The van der Waals surface area contributed by atoms with Crippen LogP contribution in [0.2, 0.25) is 0 Å². The molecule has 3 nitrogen and oxygen atoms in total. The van der Waals surface area contributed by atoms with Crippen LogP contribution in [0.1, 0.15) is 46.5 Å². The highest BCUT2D eigenvalue weighted by atomic mass is 32.2. The van der Waals surface area contributed by atoms with Gasteiger partial charge in [-0.25, -0.2) is 0 Å². The van der Waals surface area contributed by atoms with Crippen LogP contribution < -0.4 is 11.1 Å². The molecular formula is C13H28N2OS. The molecule has 0 heterocycles. The predicted molar refractivity (Wildman–Crippen MR) is 77.3 cm³/mol. The summed E-state index contributed by atoms with van der Waals surface area (Å²) >= 11 is 1.83. The van der Waals surface area contributed by atoms with E-state index in [9.17, 15) is 4.79 Å². The zero-order chi connectivity index (χ0) is 13.3. The van der Waals surface area contributed by atoms with Crippen molar-refractivity contribution in [3.05, 3.63) is 0 Å². The molecule has 0 saturated carbocycles. The highest BCUT2D eigenvalue weighted by Gasteiger charge is 2.25. The molecule has 0 saturated heterocycles. The molecular weight excluding hydrogens is 232 g/mol. The second-order valence-electron chi connectivity index (χ2n) is 5.36. The molecule has 0 aliphatic carbocycles. The Morgan fingerprint density at radius 1 is 1.41 bits per heavy atom. The number of thioether (sulfide) groups is 1. The predicted octanol–water partition coefficient (Wildman–Crippen LogP) is 2.40. The first-order chi connectivity index (χ1) is 7.93. The number of amides is 1. The number of hydrogen-bond donors (Lipinski definition) is 2. The molecule has 1 amide bonds. The lowest BCUT2D eigenvalue weighted by molar-refractivity contribution is -0.123. The quantitative estimate of drug-likeness (QED) is 0.626. The molecule has 0 aliphatic rings. The smallest absolute Gasteiger partial charge is 0.220 e. The third-order valence-electron chi connectivity index (χ3n) is 2.75. The molecule has 1 unspecified atom stereocenters. The van der Waals surface area contributed by atoms with E-state index in [2.05, 4.69) is 25.4 Å². The summed E-state index contributed by atoms with van der Waals surface area (Å²) in [6.45, 7) is 6.84. The number of unbranched alkanes of at least 4 members (excludes halogenated alkanes) is 1. The van der Waals surface area contributed by atoms with Crippen LogP contribution in [0, 0.1) is 5.92 Å². The Balaban J connectivity index is 3.97. The number of rotatable bonds is 9. The van der Waals surface area contributed by atoms with Crippen LogP contribution in [-0.4, -0.2) is 30.0 Å². The molecule has 17 heavy (non-hydrogen) atoms. The van der Waals surface area contributed by atoms with E-state index in [1.54, 1.807) is 0 Å². The van der Waals surface area contributed by atoms with Crippen LogP contribution in [0.3, 0.4) is 0 Å². The van der Waals surface area contributed by atoms with Gasteiger partial charge in [0.2, 0.25) is 5.91 Å². The molecule has 0 aromatic heterocycles. The number of carbonyl (C=O) groups is 1. The van der Waals surface area contributed by atoms with Crippen molar-refractivity contribution in [1.82, 2.24) is 5.32 Å². The van der Waals surface area contributed by atoms with Crippen molar-refractivity contribution in [2.24, 2.45) is 11.7 Å². The van der Waals surface area contributed by atoms with Gasteiger partial charge in [0.1, 0.15) is 0 Å². The van der Waals surface area contributed by atoms with Gasteiger partial charge in [-0.1, -0.05) is 13.8 Å². The van der Waals surface area contributed by atoms with E-state index in [1.165, 1.54) is 0 Å². The van der Waals surface area contributed by atoms with Gasteiger partial charge in [-0.3, -0.25) is 4.79 Å². The minimum atomic E-state index is -0.245. The Hall–Kier alpha value is -0.220. The molecule has 102 valence electrons. The lowest BCUT2D eigenvalue weighted by Gasteiger charge is -2.31. The van der Waals surface area contributed by atoms with Gasteiger partial charge in [0.15, 0.2) is 0 Å². The molecule has 0 spiro atoms. The molecule has 4 heteroatoms. The van der Waals surface area contributed by atoms with Gasteiger partial charge in [0, 0.05) is 18.5 Å². The molecule has 0 aliphatic heterocycles. The van der Waals surface area contributed by atoms with Gasteiger partial charge < -0.3 is 11.1 Å². The minimum Gasteiger partial charge on any atom is -0.350 e. The largest absolute Gasteiger partial charge is 0.350 e. The molecule has 3 N–H and O–H groups in total. The van der Waals surface area contributed by atoms with E-state index in [0.29, 0.717) is 18.9 Å². The van der Waals surface area contributed by atoms with Crippen molar-refractivity contribution in [2.75, 3.05) is 18.6 Å². The molecule has 0 fully saturated rings. The van der Waals surface area contributed by atoms with Crippen molar-refractivity contribution < 1.29 is 4.79 Å². The van der Waals surface area contributed by atoms with E-state index in [-0.39, 0.29) is 11.4 Å². The Labute approximate surface area is 110 Å². The Morgan fingerprint density at radius 2 is 2.06 bits per heavy atom.